The summed E-state index contributed by atoms with van der Waals surface area (Å²) in [5.41, 5.74) is 30.6. The maximum Gasteiger partial charge on any atom is 0.161 e. The highest BCUT2D eigenvalue weighted by Gasteiger charge is 2.27. The average molecular weight is 1710 g/mol. The van der Waals surface area contributed by atoms with Crippen LogP contribution in [0.5, 0.6) is 0 Å². The second-order valence-corrected chi connectivity index (χ2v) is 36.0. The van der Waals surface area contributed by atoms with E-state index in [1.807, 2.05) is 11.3 Å². The molecular weight excluding hydrogens is 1630 g/mol. The Morgan fingerprint density at radius 1 is 0.180 bits per heavy atom. The van der Waals surface area contributed by atoms with E-state index in [0.29, 0.717) is 11.6 Å². The van der Waals surface area contributed by atoms with E-state index in [1.54, 1.807) is 0 Å². The Kier molecular flexibility index (Phi) is 17.5. The van der Waals surface area contributed by atoms with Crippen LogP contribution in [0.4, 0.5) is 0 Å². The molecule has 0 aliphatic rings. The molecule has 0 aliphatic heterocycles. The molecule has 7 heteroatoms. The molecule has 5 aromatic heterocycles. The molecular formula is C126H76N6S. The van der Waals surface area contributed by atoms with Crippen molar-refractivity contribution in [3.05, 3.63) is 461 Å². The quantitative estimate of drug-likeness (QED) is 0.115. The first-order valence-corrected chi connectivity index (χ1v) is 46.3. The van der Waals surface area contributed by atoms with Crippen LogP contribution in [0.25, 0.3) is 274 Å². The van der Waals surface area contributed by atoms with E-state index in [1.165, 1.54) is 135 Å². The van der Waals surface area contributed by atoms with Crippen LogP contribution in [0.15, 0.2) is 461 Å². The van der Waals surface area contributed by atoms with Gasteiger partial charge in [-0.15, -0.1) is 11.3 Å². The number of rotatable bonds is 13. The summed E-state index contributed by atoms with van der Waals surface area (Å²) in [5.74, 6) is 1.35. The van der Waals surface area contributed by atoms with E-state index in [-0.39, 0.29) is 0 Å². The molecule has 22 aromatic carbocycles. The van der Waals surface area contributed by atoms with Crippen LogP contribution in [0.2, 0.25) is 0 Å². The monoisotopic (exact) mass is 1700 g/mol. The van der Waals surface area contributed by atoms with Crippen LogP contribution in [-0.2, 0) is 0 Å². The predicted molar refractivity (Wildman–Crippen MR) is 562 cm³/mol. The van der Waals surface area contributed by atoms with Crippen LogP contribution in [0.1, 0.15) is 0 Å². The Morgan fingerprint density at radius 3 is 1.12 bits per heavy atom. The number of benzene rings is 22. The molecule has 27 aromatic rings. The maximum atomic E-state index is 5.56. The van der Waals surface area contributed by atoms with Gasteiger partial charge >= 0.3 is 0 Å². The predicted octanol–water partition coefficient (Wildman–Crippen LogP) is 34.2. The number of aromatic nitrogens is 6. The molecule has 0 N–H and O–H groups in total. The molecule has 6 nitrogen and oxygen atoms in total. The minimum absolute atomic E-state index is 0.668. The van der Waals surface area contributed by atoms with E-state index in [2.05, 4.69) is 470 Å². The normalized spacial score (nSPS) is 11.9. The van der Waals surface area contributed by atoms with Gasteiger partial charge in [-0.25, -0.2) is 19.9 Å². The number of hydrogen-bond donors (Lipinski definition) is 0. The summed E-state index contributed by atoms with van der Waals surface area (Å²) in [4.78, 5) is 21.7. The van der Waals surface area contributed by atoms with Crippen molar-refractivity contribution in [1.29, 1.82) is 0 Å². The second-order valence-electron chi connectivity index (χ2n) is 34.9. The van der Waals surface area contributed by atoms with Gasteiger partial charge in [0.25, 0.3) is 0 Å². The van der Waals surface area contributed by atoms with Crippen molar-refractivity contribution in [2.24, 2.45) is 0 Å². The van der Waals surface area contributed by atoms with Gasteiger partial charge in [-0.05, 0) is 230 Å². The third-order valence-corrected chi connectivity index (χ3v) is 28.7. The van der Waals surface area contributed by atoms with Crippen LogP contribution in [0, 0.1) is 0 Å². The molecule has 0 aliphatic carbocycles. The summed E-state index contributed by atoms with van der Waals surface area (Å²) in [6.07, 6.45) is 0. The Morgan fingerprint density at radius 2 is 0.556 bits per heavy atom. The number of thiophene rings is 1. The molecule has 27 rings (SSSR count). The lowest BCUT2D eigenvalue weighted by Gasteiger charge is -2.16. The summed E-state index contributed by atoms with van der Waals surface area (Å²) in [5, 5.41) is 21.5. The van der Waals surface area contributed by atoms with Gasteiger partial charge in [-0.1, -0.05) is 352 Å². The number of nitrogens with zero attached hydrogens (tertiary/aromatic N) is 6. The van der Waals surface area contributed by atoms with Crippen LogP contribution in [0.3, 0.4) is 0 Å². The third-order valence-electron chi connectivity index (χ3n) is 27.5. The third kappa shape index (κ3) is 12.5. The lowest BCUT2D eigenvalue weighted by molar-refractivity contribution is 1.18. The molecule has 0 bridgehead atoms. The molecule has 0 saturated carbocycles. The van der Waals surface area contributed by atoms with E-state index >= 15 is 0 Å². The van der Waals surface area contributed by atoms with Gasteiger partial charge in [0.05, 0.1) is 50.2 Å². The van der Waals surface area contributed by atoms with Crippen molar-refractivity contribution in [1.82, 2.24) is 29.1 Å². The van der Waals surface area contributed by atoms with Crippen molar-refractivity contribution >= 4 is 151 Å². The standard InChI is InChI=1S/C126H76N6S/c1-3-25-77(26-4-1)91-73-92(78-27-5-2-6-28-78)75-93(74-91)80-51-55-84(56-52-80)122-105-43-17-20-46-109(105)127-125(129-122)86-57-62-94(63-58-86)131-112-67-59-81-29-7-10-36-95(81)118(112)121-102-42-16-14-40-100(102)108(76-115(121)131)103-65-64-98(117-107-45-19-22-48-116(107)133-124(103)117)90-35-24-34-89(72-90)88-33-23-32-87(71-88)79-49-53-85(54-50-79)123-106-44-18-21-47-110(106)128-126(130-123)104-66-70-111(101-41-15-13-39-99(101)104)132-113-68-60-82-30-8-11-37-96(82)119(113)120-97-38-12-9-31-83(97)61-69-114(120)132/h1-76H. The van der Waals surface area contributed by atoms with Crippen LogP contribution >= 0.6 is 11.3 Å². The summed E-state index contributed by atoms with van der Waals surface area (Å²) in [6, 6.07) is 169. The van der Waals surface area contributed by atoms with Gasteiger partial charge in [0.15, 0.2) is 11.6 Å². The van der Waals surface area contributed by atoms with Crippen molar-refractivity contribution in [2.45, 2.75) is 0 Å². The van der Waals surface area contributed by atoms with Crippen LogP contribution in [-0.4, -0.2) is 29.1 Å². The second kappa shape index (κ2) is 30.7. The van der Waals surface area contributed by atoms with Gasteiger partial charge in [0, 0.05) is 91.4 Å². The summed E-state index contributed by atoms with van der Waals surface area (Å²) >= 11 is 1.89. The van der Waals surface area contributed by atoms with E-state index in [0.717, 1.165) is 128 Å². The largest absolute Gasteiger partial charge is 0.309 e. The van der Waals surface area contributed by atoms with Crippen molar-refractivity contribution in [2.75, 3.05) is 0 Å². The molecule has 0 radical (unpaired) electrons. The summed E-state index contributed by atoms with van der Waals surface area (Å²) in [7, 11) is 0. The summed E-state index contributed by atoms with van der Waals surface area (Å²) < 4.78 is 7.46. The molecule has 0 unspecified atom stereocenters. The highest BCUT2D eigenvalue weighted by Crippen LogP contribution is 2.52. The van der Waals surface area contributed by atoms with Crippen molar-refractivity contribution in [3.8, 4) is 135 Å². The van der Waals surface area contributed by atoms with Gasteiger partial charge < -0.3 is 9.13 Å². The smallest absolute Gasteiger partial charge is 0.161 e. The van der Waals surface area contributed by atoms with Gasteiger partial charge in [-0.3, -0.25) is 0 Å². The Bertz CT molecular complexity index is 9350. The molecule has 0 atom stereocenters. The molecule has 616 valence electrons. The zero-order valence-corrected chi connectivity index (χ0v) is 72.8. The molecule has 0 saturated heterocycles. The topological polar surface area (TPSA) is 61.4 Å². The first-order valence-electron chi connectivity index (χ1n) is 45.4. The van der Waals surface area contributed by atoms with E-state index in [4.69, 9.17) is 19.9 Å². The van der Waals surface area contributed by atoms with Gasteiger partial charge in [0.2, 0.25) is 0 Å². The molecule has 133 heavy (non-hydrogen) atoms. The fourth-order valence-corrected chi connectivity index (χ4v) is 22.5. The zero-order valence-electron chi connectivity index (χ0n) is 72.0. The fourth-order valence-electron chi connectivity index (χ4n) is 21.3. The lowest BCUT2D eigenvalue weighted by atomic mass is 9.90. The molecule has 0 fully saturated rings. The Balaban J connectivity index is 0.525. The van der Waals surface area contributed by atoms with E-state index < -0.39 is 0 Å². The first-order chi connectivity index (χ1) is 65.9. The van der Waals surface area contributed by atoms with E-state index in [9.17, 15) is 0 Å². The Labute approximate surface area is 769 Å². The highest BCUT2D eigenvalue weighted by molar-refractivity contribution is 7.26. The first kappa shape index (κ1) is 75.8. The summed E-state index contributed by atoms with van der Waals surface area (Å²) in [6.45, 7) is 0. The molecule has 5 heterocycles. The number of para-hydroxylation sites is 2. The van der Waals surface area contributed by atoms with Crippen LogP contribution < -0.4 is 0 Å². The average Bonchev–Trinajstić information content (AvgIpc) is 1.56. The number of fused-ring (bicyclic) bond motifs is 20. The number of hydrogen-bond acceptors (Lipinski definition) is 5. The van der Waals surface area contributed by atoms with Gasteiger partial charge in [0.1, 0.15) is 0 Å². The molecule has 0 spiro atoms. The fraction of sp³-hybridized carbons (Fsp3) is 0. The highest BCUT2D eigenvalue weighted by atomic mass is 32.1. The minimum atomic E-state index is 0.668. The SMILES string of the molecule is c1ccc(-c2cc(-c3ccccc3)cc(-c3ccc(-c4nc(-c5ccc(-n6c7ccc8ccccc8c7c7c8ccccc8c(-c8ccc(-c9cccc(-c%10cccc(-c%11ccc(-c%12nc(-c%13ccc(-n%14c%15ccc%16ccccc%16c%15c%15c%16ccccc%16ccc%15%14)c%14ccccc%13%14)nc%13ccccc%12%13)cc%11)c%10)c9)c9c8sc8ccccc89)cc76)cc5)nc5ccccc45)cc3)c2)cc1. The maximum absolute atomic E-state index is 5.56. The molecule has 0 amide bonds. The lowest BCUT2D eigenvalue weighted by Crippen LogP contribution is -1.99. The van der Waals surface area contributed by atoms with Crippen molar-refractivity contribution in [3.63, 3.8) is 0 Å². The van der Waals surface area contributed by atoms with Gasteiger partial charge in [-0.2, -0.15) is 0 Å². The Hall–Kier alpha value is -17.4. The zero-order chi connectivity index (χ0) is 87.3. The van der Waals surface area contributed by atoms with Crippen molar-refractivity contribution < 1.29 is 0 Å². The minimum Gasteiger partial charge on any atom is -0.309 e.